The number of halogens is 1. The van der Waals surface area contributed by atoms with E-state index in [-0.39, 0.29) is 11.9 Å². The molecule has 0 fully saturated rings. The molecule has 1 amide bonds. The summed E-state index contributed by atoms with van der Waals surface area (Å²) < 4.78 is 7.00. The Bertz CT molecular complexity index is 1370. The smallest absolute Gasteiger partial charge is 0.274 e. The van der Waals surface area contributed by atoms with Crippen LogP contribution in [0.25, 0.3) is 27.1 Å². The van der Waals surface area contributed by atoms with Crippen LogP contribution >= 0.6 is 22.9 Å². The molecule has 0 spiro atoms. The standard InChI is InChI=1S/C20H14ClN5O2S/c1-28-13-6-2-4-11(8-13)16-10-29-20-24-19(25-26(16)20)23-18(27)15-9-12-5-3-7-14(21)17(12)22-15/h2-10,22H,1H3,(H,23,25,27). The SMILES string of the molecule is COc1cccc(-c2csc3nc(NC(=O)c4cc5cccc(Cl)c5[nH]4)nn23)c1. The number of aromatic amines is 1. The number of carbonyl (C=O) groups is 1. The van der Waals surface area contributed by atoms with Crippen molar-refractivity contribution in [2.45, 2.75) is 0 Å². The van der Waals surface area contributed by atoms with Crippen molar-refractivity contribution >= 4 is 50.7 Å². The molecule has 5 rings (SSSR count). The minimum atomic E-state index is -0.335. The number of anilines is 1. The van der Waals surface area contributed by atoms with Gasteiger partial charge in [-0.2, -0.15) is 4.98 Å². The zero-order chi connectivity index (χ0) is 20.0. The van der Waals surface area contributed by atoms with Crippen molar-refractivity contribution in [2.24, 2.45) is 0 Å². The van der Waals surface area contributed by atoms with Gasteiger partial charge in [-0.25, -0.2) is 4.52 Å². The molecule has 0 saturated heterocycles. The van der Waals surface area contributed by atoms with E-state index in [0.717, 1.165) is 27.9 Å². The van der Waals surface area contributed by atoms with Crippen molar-refractivity contribution in [3.63, 3.8) is 0 Å². The van der Waals surface area contributed by atoms with Gasteiger partial charge < -0.3 is 9.72 Å². The normalized spacial score (nSPS) is 11.2. The van der Waals surface area contributed by atoms with Crippen molar-refractivity contribution in [1.82, 2.24) is 19.6 Å². The number of H-pyrrole nitrogens is 1. The summed E-state index contributed by atoms with van der Waals surface area (Å²) >= 11 is 7.62. The second kappa shape index (κ2) is 6.91. The Labute approximate surface area is 173 Å². The minimum Gasteiger partial charge on any atom is -0.497 e. The molecule has 3 aromatic heterocycles. The number of nitrogens with zero attached hydrogens (tertiary/aromatic N) is 3. The van der Waals surface area contributed by atoms with Crippen LogP contribution in [0.3, 0.4) is 0 Å². The molecular formula is C20H14ClN5O2S. The molecule has 29 heavy (non-hydrogen) atoms. The van der Waals surface area contributed by atoms with E-state index in [9.17, 15) is 4.79 Å². The van der Waals surface area contributed by atoms with Crippen LogP contribution in [-0.2, 0) is 0 Å². The summed E-state index contributed by atoms with van der Waals surface area (Å²) in [4.78, 5) is 20.8. The molecule has 9 heteroatoms. The van der Waals surface area contributed by atoms with E-state index < -0.39 is 0 Å². The molecule has 0 aliphatic rings. The summed E-state index contributed by atoms with van der Waals surface area (Å²) in [6, 6.07) is 14.9. The minimum absolute atomic E-state index is 0.232. The molecule has 0 bridgehead atoms. The van der Waals surface area contributed by atoms with Gasteiger partial charge in [-0.15, -0.1) is 16.4 Å². The van der Waals surface area contributed by atoms with E-state index in [0.29, 0.717) is 15.7 Å². The molecule has 5 aromatic rings. The number of aromatic nitrogens is 4. The fourth-order valence-electron chi connectivity index (χ4n) is 3.13. The molecule has 3 heterocycles. The highest BCUT2D eigenvalue weighted by atomic mass is 35.5. The van der Waals surface area contributed by atoms with Gasteiger partial charge >= 0.3 is 0 Å². The van der Waals surface area contributed by atoms with Crippen molar-refractivity contribution in [3.05, 3.63) is 64.6 Å². The van der Waals surface area contributed by atoms with Crippen LogP contribution in [0.2, 0.25) is 5.02 Å². The third-order valence-corrected chi connectivity index (χ3v) is 5.65. The van der Waals surface area contributed by atoms with Crippen LogP contribution in [-0.4, -0.2) is 32.6 Å². The predicted octanol–water partition coefficient (Wildman–Crippen LogP) is 4.85. The van der Waals surface area contributed by atoms with Crippen molar-refractivity contribution < 1.29 is 9.53 Å². The topological polar surface area (TPSA) is 84.3 Å². The highest BCUT2D eigenvalue weighted by molar-refractivity contribution is 7.15. The number of carbonyl (C=O) groups excluding carboxylic acids is 1. The van der Waals surface area contributed by atoms with Gasteiger partial charge in [-0.05, 0) is 24.3 Å². The van der Waals surface area contributed by atoms with Crippen LogP contribution in [0.1, 0.15) is 10.5 Å². The number of rotatable bonds is 4. The average molecular weight is 424 g/mol. The molecule has 7 nitrogen and oxygen atoms in total. The van der Waals surface area contributed by atoms with Gasteiger partial charge in [0.05, 0.1) is 23.3 Å². The van der Waals surface area contributed by atoms with Gasteiger partial charge in [0, 0.05) is 16.3 Å². The Kier molecular flexibility index (Phi) is 4.22. The molecule has 0 radical (unpaired) electrons. The lowest BCUT2D eigenvalue weighted by Gasteiger charge is -2.02. The Morgan fingerprint density at radius 2 is 2.10 bits per heavy atom. The summed E-state index contributed by atoms with van der Waals surface area (Å²) in [6.07, 6.45) is 0. The van der Waals surface area contributed by atoms with E-state index in [2.05, 4.69) is 20.4 Å². The Balaban J connectivity index is 1.45. The molecule has 2 N–H and O–H groups in total. The van der Waals surface area contributed by atoms with Gasteiger partial charge in [-0.1, -0.05) is 35.9 Å². The van der Waals surface area contributed by atoms with Crippen LogP contribution in [0, 0.1) is 0 Å². The monoisotopic (exact) mass is 423 g/mol. The summed E-state index contributed by atoms with van der Waals surface area (Å²) in [5.41, 5.74) is 2.93. The summed E-state index contributed by atoms with van der Waals surface area (Å²) in [5, 5.41) is 10.6. The third-order valence-electron chi connectivity index (χ3n) is 4.52. The number of benzene rings is 2. The number of nitrogens with one attached hydrogen (secondary N) is 2. The quantitative estimate of drug-likeness (QED) is 0.432. The number of thiazole rings is 1. The number of methoxy groups -OCH3 is 1. The first-order valence-electron chi connectivity index (χ1n) is 8.69. The molecule has 2 aromatic carbocycles. The number of hydrogen-bond acceptors (Lipinski definition) is 5. The maximum atomic E-state index is 12.6. The lowest BCUT2D eigenvalue weighted by molar-refractivity contribution is 0.102. The maximum absolute atomic E-state index is 12.6. The van der Waals surface area contributed by atoms with Gasteiger partial charge in [0.15, 0.2) is 0 Å². The molecule has 144 valence electrons. The number of fused-ring (bicyclic) bond motifs is 2. The van der Waals surface area contributed by atoms with Crippen molar-refractivity contribution in [1.29, 1.82) is 0 Å². The van der Waals surface area contributed by atoms with E-state index in [1.165, 1.54) is 11.3 Å². The summed E-state index contributed by atoms with van der Waals surface area (Å²) in [7, 11) is 1.63. The molecular weight excluding hydrogens is 410 g/mol. The van der Waals surface area contributed by atoms with E-state index in [4.69, 9.17) is 16.3 Å². The molecule has 0 aliphatic heterocycles. The van der Waals surface area contributed by atoms with Crippen molar-refractivity contribution in [3.8, 4) is 17.0 Å². The highest BCUT2D eigenvalue weighted by Gasteiger charge is 2.16. The fraction of sp³-hybridized carbons (Fsp3) is 0.0500. The van der Waals surface area contributed by atoms with Gasteiger partial charge in [-0.3, -0.25) is 10.1 Å². The molecule has 0 aliphatic carbocycles. The third kappa shape index (κ3) is 3.12. The lowest BCUT2D eigenvalue weighted by atomic mass is 10.2. The Hall–Kier alpha value is -3.36. The van der Waals surface area contributed by atoms with Gasteiger partial charge in [0.1, 0.15) is 11.4 Å². The van der Waals surface area contributed by atoms with E-state index in [1.54, 1.807) is 23.8 Å². The Morgan fingerprint density at radius 3 is 2.93 bits per heavy atom. The molecule has 0 atom stereocenters. The van der Waals surface area contributed by atoms with Gasteiger partial charge in [0.2, 0.25) is 4.96 Å². The number of ether oxygens (including phenoxy) is 1. The van der Waals surface area contributed by atoms with E-state index in [1.807, 2.05) is 41.8 Å². The van der Waals surface area contributed by atoms with E-state index >= 15 is 0 Å². The lowest BCUT2D eigenvalue weighted by Crippen LogP contribution is -2.13. The van der Waals surface area contributed by atoms with Crippen molar-refractivity contribution in [2.75, 3.05) is 12.4 Å². The summed E-state index contributed by atoms with van der Waals surface area (Å²) in [6.45, 7) is 0. The molecule has 0 saturated carbocycles. The van der Waals surface area contributed by atoms with Crippen LogP contribution in [0.4, 0.5) is 5.95 Å². The van der Waals surface area contributed by atoms with Crippen LogP contribution < -0.4 is 10.1 Å². The largest absolute Gasteiger partial charge is 0.497 e. The van der Waals surface area contributed by atoms with Crippen LogP contribution in [0.15, 0.2) is 53.9 Å². The first-order chi connectivity index (χ1) is 14.1. The zero-order valence-corrected chi connectivity index (χ0v) is 16.7. The fourth-order valence-corrected chi connectivity index (χ4v) is 4.19. The average Bonchev–Trinajstić information content (AvgIpc) is 3.42. The Morgan fingerprint density at radius 1 is 1.24 bits per heavy atom. The number of hydrogen-bond donors (Lipinski definition) is 2. The predicted molar refractivity (Wildman–Crippen MR) is 114 cm³/mol. The maximum Gasteiger partial charge on any atom is 0.274 e. The van der Waals surface area contributed by atoms with Gasteiger partial charge in [0.25, 0.3) is 11.9 Å². The number of para-hydroxylation sites is 1. The second-order valence-corrected chi connectivity index (χ2v) is 7.57. The zero-order valence-electron chi connectivity index (χ0n) is 15.1. The first kappa shape index (κ1) is 17.7. The second-order valence-electron chi connectivity index (χ2n) is 6.32. The first-order valence-corrected chi connectivity index (χ1v) is 9.95. The van der Waals surface area contributed by atoms with Crippen LogP contribution in [0.5, 0.6) is 5.75 Å². The number of amides is 1. The molecule has 0 unspecified atom stereocenters. The summed E-state index contributed by atoms with van der Waals surface area (Å²) in [5.74, 6) is 0.655. The highest BCUT2D eigenvalue weighted by Crippen LogP contribution is 2.28.